The van der Waals surface area contributed by atoms with Gasteiger partial charge in [-0.05, 0) is 24.3 Å². The van der Waals surface area contributed by atoms with Crippen molar-refractivity contribution in [3.8, 4) is 5.75 Å². The number of rotatable bonds is 6. The quantitative estimate of drug-likeness (QED) is 0.211. The van der Waals surface area contributed by atoms with Crippen LogP contribution in [0.15, 0.2) is 29.2 Å². The third-order valence-corrected chi connectivity index (χ3v) is 6.88. The van der Waals surface area contributed by atoms with Gasteiger partial charge in [-0.1, -0.05) is 11.8 Å². The molecule has 2 aliphatic rings. The van der Waals surface area contributed by atoms with Crippen LogP contribution in [0.25, 0.3) is 0 Å². The molecule has 0 bridgehead atoms. The maximum atomic E-state index is 11.3. The zero-order valence-corrected chi connectivity index (χ0v) is 17.4. The van der Waals surface area contributed by atoms with Gasteiger partial charge in [0, 0.05) is 4.90 Å². The van der Waals surface area contributed by atoms with Crippen molar-refractivity contribution in [1.29, 1.82) is 0 Å². The fourth-order valence-corrected chi connectivity index (χ4v) is 4.91. The topological polar surface area (TPSA) is 190 Å². The van der Waals surface area contributed by atoms with Crippen LogP contribution in [-0.2, 0) is 9.47 Å². The predicted molar refractivity (Wildman–Crippen MR) is 105 cm³/mol. The summed E-state index contributed by atoms with van der Waals surface area (Å²) in [7, 11) is 1.51. The second kappa shape index (κ2) is 9.85. The molecule has 12 heteroatoms. The first-order chi connectivity index (χ1) is 14.7. The van der Waals surface area contributed by atoms with Crippen molar-refractivity contribution in [2.45, 2.75) is 64.8 Å². The highest BCUT2D eigenvalue weighted by Crippen LogP contribution is 2.42. The molecule has 8 N–H and O–H groups in total. The van der Waals surface area contributed by atoms with Gasteiger partial charge in [0.25, 0.3) is 0 Å². The maximum absolute atomic E-state index is 11.3. The molecule has 10 atom stereocenters. The molecule has 1 aromatic rings. The van der Waals surface area contributed by atoms with Gasteiger partial charge in [0.05, 0.1) is 20.3 Å². The van der Waals surface area contributed by atoms with Crippen molar-refractivity contribution in [1.82, 2.24) is 0 Å². The Bertz CT molecular complexity index is 715. The van der Waals surface area contributed by atoms with E-state index >= 15 is 0 Å². The molecule has 0 unspecified atom stereocenters. The van der Waals surface area contributed by atoms with Gasteiger partial charge >= 0.3 is 0 Å². The van der Waals surface area contributed by atoms with E-state index in [-0.39, 0.29) is 0 Å². The highest BCUT2D eigenvalue weighted by Gasteiger charge is 2.63. The number of thioether (sulfide) groups is 1. The van der Waals surface area contributed by atoms with Crippen LogP contribution in [0.5, 0.6) is 5.75 Å². The van der Waals surface area contributed by atoms with Crippen LogP contribution >= 0.6 is 11.8 Å². The number of aliphatic hydroxyl groups is 8. The highest BCUT2D eigenvalue weighted by molar-refractivity contribution is 7.99. The van der Waals surface area contributed by atoms with E-state index in [1.165, 1.54) is 7.11 Å². The van der Waals surface area contributed by atoms with Crippen LogP contribution < -0.4 is 4.74 Å². The second-order valence-electron chi connectivity index (χ2n) is 7.54. The van der Waals surface area contributed by atoms with Crippen LogP contribution in [0, 0.1) is 0 Å². The molecule has 176 valence electrons. The summed E-state index contributed by atoms with van der Waals surface area (Å²) in [6.45, 7) is -1.58. The Balaban J connectivity index is 1.85. The van der Waals surface area contributed by atoms with Crippen molar-refractivity contribution in [2.75, 3.05) is 20.3 Å². The third-order valence-electron chi connectivity index (χ3n) is 5.72. The van der Waals surface area contributed by atoms with E-state index in [1.807, 2.05) is 0 Å². The molecule has 0 amide bonds. The van der Waals surface area contributed by atoms with Gasteiger partial charge in [-0.3, -0.25) is 0 Å². The molecule has 2 heterocycles. The average molecular weight is 464 g/mol. The van der Waals surface area contributed by atoms with Gasteiger partial charge in [0.15, 0.2) is 5.60 Å². The van der Waals surface area contributed by atoms with E-state index in [1.54, 1.807) is 24.3 Å². The molecule has 1 aromatic carbocycles. The normalized spacial score (nSPS) is 43.6. The second-order valence-corrected chi connectivity index (χ2v) is 8.71. The molecular formula is C19H28O11S. The molecular weight excluding hydrogens is 436 g/mol. The first-order valence-corrected chi connectivity index (χ1v) is 10.5. The van der Waals surface area contributed by atoms with Crippen molar-refractivity contribution < 1.29 is 55.1 Å². The first kappa shape index (κ1) is 24.6. The monoisotopic (exact) mass is 464 g/mol. The Hall–Kier alpha value is -1.03. The molecule has 2 fully saturated rings. The molecule has 31 heavy (non-hydrogen) atoms. The summed E-state index contributed by atoms with van der Waals surface area (Å²) in [5, 5.41) is 82.3. The standard InChI is InChI=1S/C19H28O11S/c1-28-8-2-4-9(5-3-8)31-18-15(25)16(26)19(27,11(7-21)30-18)17-14(24)13(23)12(22)10(6-20)29-17/h2-5,10-18,20-27H,6-7H2,1H3/t10-,11-,12-,13+,14-,15-,16-,17-,18+,19-/m1/s1. The fourth-order valence-electron chi connectivity index (χ4n) is 3.87. The lowest BCUT2D eigenvalue weighted by Crippen LogP contribution is -2.76. The summed E-state index contributed by atoms with van der Waals surface area (Å²) in [5.74, 6) is 0.611. The maximum Gasteiger partial charge on any atom is 0.150 e. The Kier molecular flexibility index (Phi) is 7.82. The van der Waals surface area contributed by atoms with E-state index in [0.29, 0.717) is 10.6 Å². The molecule has 11 nitrogen and oxygen atoms in total. The molecule has 2 aliphatic heterocycles. The summed E-state index contributed by atoms with van der Waals surface area (Å²) < 4.78 is 16.1. The van der Waals surface area contributed by atoms with Gasteiger partial charge < -0.3 is 55.1 Å². The number of aliphatic hydroxyl groups excluding tert-OH is 7. The van der Waals surface area contributed by atoms with Gasteiger partial charge in [-0.25, -0.2) is 0 Å². The fraction of sp³-hybridized carbons (Fsp3) is 0.684. The van der Waals surface area contributed by atoms with Crippen molar-refractivity contribution in [3.63, 3.8) is 0 Å². The van der Waals surface area contributed by atoms with Gasteiger partial charge in [-0.2, -0.15) is 0 Å². The predicted octanol–water partition coefficient (Wildman–Crippen LogP) is -3.20. The van der Waals surface area contributed by atoms with E-state index in [2.05, 4.69) is 0 Å². The summed E-state index contributed by atoms with van der Waals surface area (Å²) in [4.78, 5) is 0.645. The smallest absolute Gasteiger partial charge is 0.150 e. The lowest BCUT2D eigenvalue weighted by molar-refractivity contribution is -0.337. The minimum Gasteiger partial charge on any atom is -0.497 e. The van der Waals surface area contributed by atoms with Gasteiger partial charge in [0.2, 0.25) is 0 Å². The van der Waals surface area contributed by atoms with E-state index in [0.717, 1.165) is 11.8 Å². The average Bonchev–Trinajstić information content (AvgIpc) is 2.78. The summed E-state index contributed by atoms with van der Waals surface area (Å²) >= 11 is 1.03. The molecule has 0 aliphatic carbocycles. The Morgan fingerprint density at radius 2 is 1.55 bits per heavy atom. The van der Waals surface area contributed by atoms with E-state index in [9.17, 15) is 40.9 Å². The lowest BCUT2D eigenvalue weighted by Gasteiger charge is -2.54. The van der Waals surface area contributed by atoms with Crippen molar-refractivity contribution in [2.24, 2.45) is 0 Å². The largest absolute Gasteiger partial charge is 0.497 e. The minimum atomic E-state index is -2.57. The van der Waals surface area contributed by atoms with E-state index in [4.69, 9.17) is 14.2 Å². The van der Waals surface area contributed by atoms with Crippen LogP contribution in [0.4, 0.5) is 0 Å². The Labute approximate surface area is 182 Å². The SMILES string of the molecule is COc1ccc(S[C@@H]2O[C@H](CO)[C@](O)([C@@H]3O[C@H](CO)[C@@H](O)[C@H](O)[C@H]3O)[C@H](O)[C@H]2O)cc1. The van der Waals surface area contributed by atoms with Crippen LogP contribution in [0.3, 0.4) is 0 Å². The van der Waals surface area contributed by atoms with Crippen LogP contribution in [0.2, 0.25) is 0 Å². The number of methoxy groups -OCH3 is 1. The molecule has 0 radical (unpaired) electrons. The molecule has 0 saturated carbocycles. The summed E-state index contributed by atoms with van der Waals surface area (Å²) in [6.07, 6.45) is -13.8. The lowest BCUT2D eigenvalue weighted by atomic mass is 9.75. The summed E-state index contributed by atoms with van der Waals surface area (Å²) in [6, 6.07) is 6.75. The number of benzene rings is 1. The molecule has 2 saturated heterocycles. The zero-order chi connectivity index (χ0) is 22.9. The third kappa shape index (κ3) is 4.43. The zero-order valence-electron chi connectivity index (χ0n) is 16.6. The first-order valence-electron chi connectivity index (χ1n) is 9.65. The summed E-state index contributed by atoms with van der Waals surface area (Å²) in [5.41, 5.74) is -3.68. The number of hydrogen-bond donors (Lipinski definition) is 8. The Morgan fingerprint density at radius 1 is 0.903 bits per heavy atom. The molecule has 3 rings (SSSR count). The Morgan fingerprint density at radius 3 is 2.10 bits per heavy atom. The minimum absolute atomic E-state index is 0.611. The van der Waals surface area contributed by atoms with Crippen molar-refractivity contribution in [3.05, 3.63) is 24.3 Å². The van der Waals surface area contributed by atoms with Gasteiger partial charge in [-0.15, -0.1) is 0 Å². The molecule has 0 spiro atoms. The van der Waals surface area contributed by atoms with Crippen LogP contribution in [0.1, 0.15) is 0 Å². The van der Waals surface area contributed by atoms with Crippen LogP contribution in [-0.4, -0.2) is 121 Å². The van der Waals surface area contributed by atoms with Gasteiger partial charge in [0.1, 0.15) is 60.0 Å². The number of ether oxygens (including phenoxy) is 3. The van der Waals surface area contributed by atoms with Crippen molar-refractivity contribution >= 4 is 11.8 Å². The number of hydrogen-bond acceptors (Lipinski definition) is 12. The molecule has 0 aromatic heterocycles. The highest BCUT2D eigenvalue weighted by atomic mass is 32.2. The van der Waals surface area contributed by atoms with E-state index < -0.39 is 73.1 Å².